The minimum Gasteiger partial charge on any atom is -0.404 e. The summed E-state index contributed by atoms with van der Waals surface area (Å²) in [6, 6.07) is 11.9. The molecule has 0 spiro atoms. The number of aromatic nitrogens is 2. The molecule has 0 bridgehead atoms. The maximum Gasteiger partial charge on any atom is 0.262 e. The van der Waals surface area contributed by atoms with Gasteiger partial charge in [-0.2, -0.15) is 0 Å². The SMILES string of the molecule is NC=C(C=NC1CC(Nc2ccc3c(c2)C(=O)N(C2CCC(=O)NC2=O)C3=O)C1)c1cnc2ccccc2n1. The van der Waals surface area contributed by atoms with Crippen LogP contribution in [0.3, 0.4) is 0 Å². The molecule has 11 nitrogen and oxygen atoms in total. The van der Waals surface area contributed by atoms with Gasteiger partial charge in [0.25, 0.3) is 11.8 Å². The number of para-hydroxylation sites is 2. The summed E-state index contributed by atoms with van der Waals surface area (Å²) in [5.74, 6) is -2.07. The Kier molecular flexibility index (Phi) is 6.10. The van der Waals surface area contributed by atoms with Crippen molar-refractivity contribution in [3.8, 4) is 0 Å². The van der Waals surface area contributed by atoms with Crippen LogP contribution < -0.4 is 16.4 Å². The Morgan fingerprint density at radius 1 is 1.05 bits per heavy atom. The van der Waals surface area contributed by atoms with Crippen molar-refractivity contribution in [1.82, 2.24) is 20.2 Å². The second-order valence-corrected chi connectivity index (χ2v) is 9.82. The Labute approximate surface area is 223 Å². The molecule has 2 aliphatic heterocycles. The Balaban J connectivity index is 1.07. The number of carbonyl (C=O) groups is 4. The van der Waals surface area contributed by atoms with Crippen molar-refractivity contribution in [2.24, 2.45) is 10.7 Å². The summed E-state index contributed by atoms with van der Waals surface area (Å²) < 4.78 is 0. The molecule has 11 heteroatoms. The molecule has 1 saturated heterocycles. The van der Waals surface area contributed by atoms with Gasteiger partial charge in [-0.3, -0.25) is 39.4 Å². The zero-order valence-electron chi connectivity index (χ0n) is 20.8. The van der Waals surface area contributed by atoms with E-state index in [9.17, 15) is 19.2 Å². The number of nitrogens with zero attached hydrogens (tertiary/aromatic N) is 4. The van der Waals surface area contributed by atoms with E-state index in [2.05, 4.69) is 25.6 Å². The maximum atomic E-state index is 13.0. The van der Waals surface area contributed by atoms with Crippen LogP contribution in [-0.2, 0) is 9.59 Å². The van der Waals surface area contributed by atoms with Crippen LogP contribution >= 0.6 is 0 Å². The first-order chi connectivity index (χ1) is 18.9. The zero-order valence-corrected chi connectivity index (χ0v) is 20.8. The summed E-state index contributed by atoms with van der Waals surface area (Å²) in [6.45, 7) is 0. The predicted octanol–water partition coefficient (Wildman–Crippen LogP) is 2.04. The average molecular weight is 524 g/mol. The van der Waals surface area contributed by atoms with Gasteiger partial charge < -0.3 is 11.1 Å². The molecule has 4 amide bonds. The molecular formula is C28H25N7O4. The highest BCUT2D eigenvalue weighted by Crippen LogP contribution is 2.32. The lowest BCUT2D eigenvalue weighted by molar-refractivity contribution is -0.136. The average Bonchev–Trinajstić information content (AvgIpc) is 3.16. The summed E-state index contributed by atoms with van der Waals surface area (Å²) >= 11 is 0. The van der Waals surface area contributed by atoms with Gasteiger partial charge in [-0.05, 0) is 49.6 Å². The van der Waals surface area contributed by atoms with Gasteiger partial charge in [0, 0.05) is 36.1 Å². The van der Waals surface area contributed by atoms with Gasteiger partial charge >= 0.3 is 0 Å². The second kappa shape index (κ2) is 9.75. The highest BCUT2D eigenvalue weighted by Gasteiger charge is 2.44. The first-order valence-corrected chi connectivity index (χ1v) is 12.7. The van der Waals surface area contributed by atoms with Crippen LogP contribution in [0.2, 0.25) is 0 Å². The van der Waals surface area contributed by atoms with Crippen LogP contribution in [0.5, 0.6) is 0 Å². The Morgan fingerprint density at radius 2 is 1.82 bits per heavy atom. The zero-order chi connectivity index (χ0) is 27.1. The molecule has 39 heavy (non-hydrogen) atoms. The van der Waals surface area contributed by atoms with Crippen LogP contribution in [0.25, 0.3) is 16.6 Å². The number of piperidine rings is 1. The van der Waals surface area contributed by atoms with Crippen molar-refractivity contribution in [2.75, 3.05) is 5.32 Å². The lowest BCUT2D eigenvalue weighted by atomic mass is 9.87. The second-order valence-electron chi connectivity index (χ2n) is 9.82. The third-order valence-electron chi connectivity index (χ3n) is 7.27. The van der Waals surface area contributed by atoms with Gasteiger partial charge in [0.1, 0.15) is 6.04 Å². The van der Waals surface area contributed by atoms with E-state index in [0.717, 1.165) is 28.8 Å². The standard InChI is InChI=1S/C28H25N7O4/c29-12-15(23-14-31-21-3-1-2-4-22(21)33-23)13-30-17-9-18(10-17)32-16-5-6-19-20(11-16)28(39)35(27(19)38)24-7-8-25(36)34-26(24)37/h1-6,11-14,17-18,24,32H,7-10,29H2,(H,34,36,37). The third kappa shape index (κ3) is 4.52. The molecule has 1 atom stereocenters. The van der Waals surface area contributed by atoms with Crippen LogP contribution in [0.4, 0.5) is 5.69 Å². The molecule has 196 valence electrons. The molecule has 2 fully saturated rings. The van der Waals surface area contributed by atoms with Crippen molar-refractivity contribution in [2.45, 2.75) is 43.8 Å². The summed E-state index contributed by atoms with van der Waals surface area (Å²) in [6.07, 6.45) is 6.65. The number of nitrogens with two attached hydrogens (primary N) is 1. The smallest absolute Gasteiger partial charge is 0.262 e. The lowest BCUT2D eigenvalue weighted by Crippen LogP contribution is -2.54. The monoisotopic (exact) mass is 523 g/mol. The number of benzene rings is 2. The minimum atomic E-state index is -0.982. The number of rotatable bonds is 6. The third-order valence-corrected chi connectivity index (χ3v) is 7.27. The Hall–Kier alpha value is -4.93. The quantitative estimate of drug-likeness (QED) is 0.327. The molecular weight excluding hydrogens is 498 g/mol. The summed E-state index contributed by atoms with van der Waals surface area (Å²) in [5, 5.41) is 5.60. The fourth-order valence-electron chi connectivity index (χ4n) is 5.10. The predicted molar refractivity (Wildman–Crippen MR) is 144 cm³/mol. The molecule has 2 aromatic carbocycles. The van der Waals surface area contributed by atoms with E-state index in [1.807, 2.05) is 24.3 Å². The first-order valence-electron chi connectivity index (χ1n) is 12.7. The van der Waals surface area contributed by atoms with E-state index in [4.69, 9.17) is 5.73 Å². The number of aliphatic imine (C=N–C) groups is 1. The number of nitrogens with one attached hydrogen (secondary N) is 2. The van der Waals surface area contributed by atoms with Crippen molar-refractivity contribution < 1.29 is 19.2 Å². The number of hydrogen-bond acceptors (Lipinski definition) is 9. The fraction of sp³-hybridized carbons (Fsp3) is 0.250. The van der Waals surface area contributed by atoms with Crippen molar-refractivity contribution >= 4 is 52.1 Å². The van der Waals surface area contributed by atoms with Gasteiger partial charge in [0.2, 0.25) is 11.8 Å². The number of fused-ring (bicyclic) bond motifs is 2. The number of allylic oxidation sites excluding steroid dienone is 1. The molecule has 0 radical (unpaired) electrons. The van der Waals surface area contributed by atoms with E-state index in [1.165, 1.54) is 6.20 Å². The molecule has 1 unspecified atom stereocenters. The summed E-state index contributed by atoms with van der Waals surface area (Å²) in [7, 11) is 0. The van der Waals surface area contributed by atoms with Gasteiger partial charge in [-0.1, -0.05) is 12.1 Å². The van der Waals surface area contributed by atoms with E-state index in [1.54, 1.807) is 30.6 Å². The fourth-order valence-corrected chi connectivity index (χ4v) is 5.10. The first kappa shape index (κ1) is 24.4. The largest absolute Gasteiger partial charge is 0.404 e. The molecule has 1 saturated carbocycles. The Morgan fingerprint density at radius 3 is 2.59 bits per heavy atom. The van der Waals surface area contributed by atoms with Gasteiger partial charge in [-0.25, -0.2) is 4.98 Å². The number of amides is 4. The molecule has 4 N–H and O–H groups in total. The van der Waals surface area contributed by atoms with Gasteiger partial charge in [0.15, 0.2) is 0 Å². The molecule has 1 aromatic heterocycles. The highest BCUT2D eigenvalue weighted by molar-refractivity contribution is 6.23. The van der Waals surface area contributed by atoms with E-state index < -0.39 is 29.7 Å². The van der Waals surface area contributed by atoms with Crippen LogP contribution in [-0.4, -0.2) is 62.8 Å². The van der Waals surface area contributed by atoms with Crippen LogP contribution in [0, 0.1) is 0 Å². The topological polar surface area (TPSA) is 160 Å². The van der Waals surface area contributed by atoms with Crippen molar-refractivity contribution in [3.63, 3.8) is 0 Å². The van der Waals surface area contributed by atoms with Gasteiger partial charge in [0.05, 0.1) is 40.1 Å². The lowest BCUT2D eigenvalue weighted by Gasteiger charge is -2.34. The van der Waals surface area contributed by atoms with Crippen LogP contribution in [0.15, 0.2) is 59.9 Å². The molecule has 3 heterocycles. The number of imide groups is 2. The summed E-state index contributed by atoms with van der Waals surface area (Å²) in [5.41, 5.74) is 9.98. The van der Waals surface area contributed by atoms with E-state index in [-0.39, 0.29) is 36.1 Å². The maximum absolute atomic E-state index is 13.0. The highest BCUT2D eigenvalue weighted by atomic mass is 16.2. The van der Waals surface area contributed by atoms with Gasteiger partial charge in [-0.15, -0.1) is 0 Å². The van der Waals surface area contributed by atoms with E-state index in [0.29, 0.717) is 17.0 Å². The number of carbonyl (C=O) groups excluding carboxylic acids is 4. The molecule has 6 rings (SSSR count). The normalized spacial score (nSPS) is 23.2. The minimum absolute atomic E-state index is 0.0835. The molecule has 1 aliphatic carbocycles. The van der Waals surface area contributed by atoms with Crippen LogP contribution in [0.1, 0.15) is 52.1 Å². The van der Waals surface area contributed by atoms with Crippen molar-refractivity contribution in [3.05, 3.63) is 71.7 Å². The van der Waals surface area contributed by atoms with E-state index >= 15 is 0 Å². The number of anilines is 1. The summed E-state index contributed by atoms with van der Waals surface area (Å²) in [4.78, 5) is 64.3. The molecule has 3 aromatic rings. The van der Waals surface area contributed by atoms with Crippen molar-refractivity contribution in [1.29, 1.82) is 0 Å². The molecule has 3 aliphatic rings. The number of hydrogen-bond donors (Lipinski definition) is 3. The Bertz CT molecular complexity index is 1590.